The smallest absolute Gasteiger partial charge is 0.344 e. The zero-order valence-corrected chi connectivity index (χ0v) is 12.2. The van der Waals surface area contributed by atoms with Crippen molar-refractivity contribution in [2.45, 2.75) is 26.7 Å². The van der Waals surface area contributed by atoms with E-state index in [1.165, 1.54) is 6.08 Å². The van der Waals surface area contributed by atoms with Crippen LogP contribution in [0, 0.1) is 6.92 Å². The Labute approximate surface area is 123 Å². The minimum absolute atomic E-state index is 0.234. The number of pyridine rings is 1. The molecule has 0 amide bonds. The number of carboxylic acids is 1. The van der Waals surface area contributed by atoms with E-state index in [0.29, 0.717) is 18.1 Å². The van der Waals surface area contributed by atoms with E-state index < -0.39 is 11.9 Å². The molecule has 1 rings (SSSR count). The van der Waals surface area contributed by atoms with Crippen LogP contribution in [-0.4, -0.2) is 35.2 Å². The van der Waals surface area contributed by atoms with Crippen molar-refractivity contribution >= 4 is 18.0 Å². The molecule has 0 aliphatic rings. The number of esters is 1. The Morgan fingerprint density at radius 2 is 2.14 bits per heavy atom. The van der Waals surface area contributed by atoms with E-state index >= 15 is 0 Å². The standard InChI is InChI=1S/C15H19NO5/c1-3-4-9-20-15(19)10-21-13-7-5-11(2)16-12(13)6-8-14(17)18/h5-8H,3-4,9-10H2,1-2H3,(H,17,18). The number of carboxylic acid groups (broad SMARTS) is 1. The molecule has 0 aliphatic carbocycles. The second-order valence-corrected chi connectivity index (χ2v) is 4.37. The molecule has 6 nitrogen and oxygen atoms in total. The first-order valence-corrected chi connectivity index (χ1v) is 6.70. The normalized spacial score (nSPS) is 10.6. The zero-order chi connectivity index (χ0) is 15.7. The lowest BCUT2D eigenvalue weighted by Gasteiger charge is -2.09. The third-order valence-electron chi connectivity index (χ3n) is 2.52. The van der Waals surface area contributed by atoms with E-state index in [4.69, 9.17) is 14.6 Å². The molecule has 0 unspecified atom stereocenters. The van der Waals surface area contributed by atoms with Gasteiger partial charge in [-0.05, 0) is 31.6 Å². The Kier molecular flexibility index (Phi) is 6.94. The largest absolute Gasteiger partial charge is 0.480 e. The van der Waals surface area contributed by atoms with Gasteiger partial charge >= 0.3 is 11.9 Å². The van der Waals surface area contributed by atoms with E-state index in [0.717, 1.165) is 24.6 Å². The highest BCUT2D eigenvalue weighted by Gasteiger charge is 2.08. The first kappa shape index (κ1) is 16.7. The van der Waals surface area contributed by atoms with Crippen LogP contribution in [0.4, 0.5) is 0 Å². The maximum atomic E-state index is 11.5. The minimum atomic E-state index is -1.08. The van der Waals surface area contributed by atoms with Crippen LogP contribution < -0.4 is 4.74 Å². The average Bonchev–Trinajstić information content (AvgIpc) is 2.44. The SMILES string of the molecule is CCCCOC(=O)COc1ccc(C)nc1C=CC(=O)O. The molecule has 0 spiro atoms. The molecule has 21 heavy (non-hydrogen) atoms. The molecular weight excluding hydrogens is 274 g/mol. The predicted octanol–water partition coefficient (Wildman–Crippen LogP) is 2.21. The van der Waals surface area contributed by atoms with Gasteiger partial charge in [-0.25, -0.2) is 14.6 Å². The van der Waals surface area contributed by atoms with Crippen molar-refractivity contribution in [1.82, 2.24) is 4.98 Å². The number of rotatable bonds is 8. The molecule has 0 saturated carbocycles. The molecule has 1 heterocycles. The molecule has 0 aliphatic heterocycles. The van der Waals surface area contributed by atoms with Crippen LogP contribution in [0.1, 0.15) is 31.2 Å². The van der Waals surface area contributed by atoms with Gasteiger partial charge in [0.25, 0.3) is 0 Å². The quantitative estimate of drug-likeness (QED) is 0.449. The molecule has 0 atom stereocenters. The summed E-state index contributed by atoms with van der Waals surface area (Å²) in [5, 5.41) is 8.64. The third-order valence-corrected chi connectivity index (χ3v) is 2.52. The maximum absolute atomic E-state index is 11.5. The fraction of sp³-hybridized carbons (Fsp3) is 0.400. The Morgan fingerprint density at radius 3 is 2.81 bits per heavy atom. The fourth-order valence-corrected chi connectivity index (χ4v) is 1.46. The summed E-state index contributed by atoms with van der Waals surface area (Å²) in [6, 6.07) is 3.36. The second-order valence-electron chi connectivity index (χ2n) is 4.37. The molecule has 0 fully saturated rings. The molecule has 0 bridgehead atoms. The van der Waals surface area contributed by atoms with Crippen molar-refractivity contribution < 1.29 is 24.2 Å². The fourth-order valence-electron chi connectivity index (χ4n) is 1.46. The summed E-state index contributed by atoms with van der Waals surface area (Å²) in [4.78, 5) is 26.2. The van der Waals surface area contributed by atoms with E-state index in [2.05, 4.69) is 4.98 Å². The van der Waals surface area contributed by atoms with Crippen LogP contribution in [0.25, 0.3) is 6.08 Å². The molecule has 1 aromatic heterocycles. The van der Waals surface area contributed by atoms with Crippen molar-refractivity contribution in [2.75, 3.05) is 13.2 Å². The summed E-state index contributed by atoms with van der Waals surface area (Å²) in [7, 11) is 0. The van der Waals surface area contributed by atoms with Crippen LogP contribution in [0.5, 0.6) is 5.75 Å². The van der Waals surface area contributed by atoms with Gasteiger partial charge in [-0.2, -0.15) is 0 Å². The van der Waals surface area contributed by atoms with Gasteiger partial charge in [0.2, 0.25) is 0 Å². The van der Waals surface area contributed by atoms with E-state index in [1.807, 2.05) is 6.92 Å². The molecule has 1 N–H and O–H groups in total. The molecular formula is C15H19NO5. The van der Waals surface area contributed by atoms with Crippen LogP contribution in [0.15, 0.2) is 18.2 Å². The molecule has 0 radical (unpaired) electrons. The number of nitrogens with zero attached hydrogens (tertiary/aromatic N) is 1. The molecule has 0 aromatic carbocycles. The first-order chi connectivity index (χ1) is 10.0. The molecule has 6 heteroatoms. The Balaban J connectivity index is 2.65. The van der Waals surface area contributed by atoms with Crippen LogP contribution >= 0.6 is 0 Å². The van der Waals surface area contributed by atoms with Crippen LogP contribution in [0.2, 0.25) is 0 Å². The molecule has 114 valence electrons. The highest BCUT2D eigenvalue weighted by molar-refractivity contribution is 5.85. The number of hydrogen-bond donors (Lipinski definition) is 1. The topological polar surface area (TPSA) is 85.7 Å². The van der Waals surface area contributed by atoms with Gasteiger partial charge in [0.1, 0.15) is 11.4 Å². The van der Waals surface area contributed by atoms with Crippen molar-refractivity contribution in [2.24, 2.45) is 0 Å². The number of carbonyl (C=O) groups is 2. The van der Waals surface area contributed by atoms with Gasteiger partial charge in [-0.3, -0.25) is 0 Å². The van der Waals surface area contributed by atoms with Crippen LogP contribution in [-0.2, 0) is 14.3 Å². The lowest BCUT2D eigenvalue weighted by molar-refractivity contribution is -0.146. The lowest BCUT2D eigenvalue weighted by atomic mass is 10.2. The van der Waals surface area contributed by atoms with Crippen molar-refractivity contribution in [3.8, 4) is 5.75 Å². The number of ether oxygens (including phenoxy) is 2. The highest BCUT2D eigenvalue weighted by Crippen LogP contribution is 2.18. The lowest BCUT2D eigenvalue weighted by Crippen LogP contribution is -2.16. The summed E-state index contributed by atoms with van der Waals surface area (Å²) in [6.45, 7) is 3.92. The Bertz CT molecular complexity index is 525. The van der Waals surface area contributed by atoms with Crippen molar-refractivity contribution in [3.63, 3.8) is 0 Å². The second kappa shape index (κ2) is 8.73. The van der Waals surface area contributed by atoms with Crippen molar-refractivity contribution in [3.05, 3.63) is 29.6 Å². The third kappa shape index (κ3) is 6.56. The van der Waals surface area contributed by atoms with E-state index in [9.17, 15) is 9.59 Å². The summed E-state index contributed by atoms with van der Waals surface area (Å²) in [6.07, 6.45) is 4.05. The van der Waals surface area contributed by atoms with Gasteiger partial charge < -0.3 is 14.6 Å². The molecule has 1 aromatic rings. The summed E-state index contributed by atoms with van der Waals surface area (Å²) in [5.41, 5.74) is 1.08. The predicted molar refractivity (Wildman–Crippen MR) is 77.0 cm³/mol. The minimum Gasteiger partial charge on any atom is -0.480 e. The number of aromatic nitrogens is 1. The summed E-state index contributed by atoms with van der Waals surface area (Å²) >= 11 is 0. The van der Waals surface area contributed by atoms with Crippen LogP contribution in [0.3, 0.4) is 0 Å². The van der Waals surface area contributed by atoms with E-state index in [1.54, 1.807) is 19.1 Å². The van der Waals surface area contributed by atoms with E-state index in [-0.39, 0.29) is 6.61 Å². The first-order valence-electron chi connectivity index (χ1n) is 6.70. The van der Waals surface area contributed by atoms with Gasteiger partial charge in [0.15, 0.2) is 6.61 Å². The molecule has 0 saturated heterocycles. The van der Waals surface area contributed by atoms with Gasteiger partial charge in [0.05, 0.1) is 6.61 Å². The number of aryl methyl sites for hydroxylation is 1. The summed E-state index contributed by atoms with van der Waals surface area (Å²) in [5.74, 6) is -1.20. The number of aliphatic carboxylic acids is 1. The van der Waals surface area contributed by atoms with Gasteiger partial charge in [0, 0.05) is 11.8 Å². The van der Waals surface area contributed by atoms with Gasteiger partial charge in [-0.1, -0.05) is 13.3 Å². The Hall–Kier alpha value is -2.37. The zero-order valence-electron chi connectivity index (χ0n) is 12.2. The maximum Gasteiger partial charge on any atom is 0.344 e. The summed E-state index contributed by atoms with van der Waals surface area (Å²) < 4.78 is 10.3. The Morgan fingerprint density at radius 1 is 1.38 bits per heavy atom. The highest BCUT2D eigenvalue weighted by atomic mass is 16.6. The van der Waals surface area contributed by atoms with Crippen molar-refractivity contribution in [1.29, 1.82) is 0 Å². The average molecular weight is 293 g/mol. The van der Waals surface area contributed by atoms with Gasteiger partial charge in [-0.15, -0.1) is 0 Å². The number of carbonyl (C=O) groups excluding carboxylic acids is 1. The number of hydrogen-bond acceptors (Lipinski definition) is 5. The monoisotopic (exact) mass is 293 g/mol. The number of unbranched alkanes of at least 4 members (excludes halogenated alkanes) is 1.